The van der Waals surface area contributed by atoms with Crippen molar-refractivity contribution >= 4 is 5.90 Å². The lowest BCUT2D eigenvalue weighted by Crippen LogP contribution is -2.33. The fourth-order valence-corrected chi connectivity index (χ4v) is 1.58. The van der Waals surface area contributed by atoms with Crippen molar-refractivity contribution in [3.05, 3.63) is 0 Å². The zero-order valence-corrected chi connectivity index (χ0v) is 9.74. The summed E-state index contributed by atoms with van der Waals surface area (Å²) < 4.78 is 5.67. The average Bonchev–Trinajstić information content (AvgIpc) is 2.43. The van der Waals surface area contributed by atoms with Gasteiger partial charge in [0.25, 0.3) is 0 Å². The summed E-state index contributed by atoms with van der Waals surface area (Å²) >= 11 is 0. The van der Waals surface area contributed by atoms with Crippen LogP contribution in [0.1, 0.15) is 34.6 Å². The Morgan fingerprint density at radius 3 is 2.29 bits per heavy atom. The largest absolute Gasteiger partial charge is 0.473 e. The molecule has 0 aliphatic carbocycles. The molecule has 0 radical (unpaired) electrons. The second-order valence-electron chi connectivity index (χ2n) is 5.04. The maximum atomic E-state index is 9.86. The third kappa shape index (κ3) is 2.47. The smallest absolute Gasteiger partial charge is 0.189 e. The first-order chi connectivity index (χ1) is 6.33. The lowest BCUT2D eigenvalue weighted by molar-refractivity contribution is 0.0693. The van der Waals surface area contributed by atoms with Crippen molar-refractivity contribution in [1.82, 2.24) is 0 Å². The Morgan fingerprint density at radius 1 is 1.36 bits per heavy atom. The van der Waals surface area contributed by atoms with Gasteiger partial charge < -0.3 is 9.84 Å². The molecule has 0 aromatic heterocycles. The Hall–Kier alpha value is -0.570. The molecule has 0 amide bonds. The van der Waals surface area contributed by atoms with Crippen molar-refractivity contribution in [3.8, 4) is 0 Å². The Labute approximate surface area is 86.2 Å². The molecule has 0 aromatic carbocycles. The van der Waals surface area contributed by atoms with E-state index in [2.05, 4.69) is 4.99 Å². The molecule has 0 aromatic rings. The summed E-state index contributed by atoms with van der Waals surface area (Å²) in [7, 11) is 0. The summed E-state index contributed by atoms with van der Waals surface area (Å²) in [4.78, 5) is 4.33. The molecule has 0 bridgehead atoms. The third-order valence-electron chi connectivity index (χ3n) is 2.58. The number of aliphatic hydroxyl groups excluding tert-OH is 1. The lowest BCUT2D eigenvalue weighted by atomic mass is 9.95. The van der Waals surface area contributed by atoms with Gasteiger partial charge in [-0.15, -0.1) is 0 Å². The fourth-order valence-electron chi connectivity index (χ4n) is 1.58. The van der Waals surface area contributed by atoms with Gasteiger partial charge >= 0.3 is 0 Å². The van der Waals surface area contributed by atoms with Crippen LogP contribution in [0, 0.1) is 11.8 Å². The summed E-state index contributed by atoms with van der Waals surface area (Å²) in [5.41, 5.74) is -0.194. The van der Waals surface area contributed by atoms with Crippen LogP contribution in [0.15, 0.2) is 4.99 Å². The van der Waals surface area contributed by atoms with Crippen LogP contribution < -0.4 is 0 Å². The van der Waals surface area contributed by atoms with Gasteiger partial charge in [-0.3, -0.25) is 4.99 Å². The topological polar surface area (TPSA) is 41.8 Å². The van der Waals surface area contributed by atoms with E-state index in [1.807, 2.05) is 34.6 Å². The molecule has 3 heteroatoms. The summed E-state index contributed by atoms with van der Waals surface area (Å²) in [6, 6.07) is 0. The predicted octanol–water partition coefficient (Wildman–Crippen LogP) is 1.85. The molecule has 14 heavy (non-hydrogen) atoms. The van der Waals surface area contributed by atoms with Crippen LogP contribution in [0.5, 0.6) is 0 Å². The van der Waals surface area contributed by atoms with Gasteiger partial charge in [-0.25, -0.2) is 0 Å². The van der Waals surface area contributed by atoms with Crippen molar-refractivity contribution in [2.75, 3.05) is 6.54 Å². The fraction of sp³-hybridized carbons (Fsp3) is 0.909. The van der Waals surface area contributed by atoms with Crippen molar-refractivity contribution < 1.29 is 9.84 Å². The monoisotopic (exact) mass is 199 g/mol. The van der Waals surface area contributed by atoms with Crippen LogP contribution in [0.4, 0.5) is 0 Å². The van der Waals surface area contributed by atoms with E-state index in [9.17, 15) is 5.11 Å². The van der Waals surface area contributed by atoms with Gasteiger partial charge in [0.15, 0.2) is 5.90 Å². The number of rotatable bonds is 3. The van der Waals surface area contributed by atoms with Gasteiger partial charge in [0.05, 0.1) is 18.6 Å². The minimum Gasteiger partial charge on any atom is -0.473 e. The van der Waals surface area contributed by atoms with Crippen LogP contribution in [-0.4, -0.2) is 29.3 Å². The number of ether oxygens (including phenoxy) is 1. The SMILES string of the molecule is CC(C)[C@@H](O)[C@@H](C)C1=NCC(C)(C)O1. The summed E-state index contributed by atoms with van der Waals surface area (Å²) in [6.07, 6.45) is -0.373. The summed E-state index contributed by atoms with van der Waals surface area (Å²) in [5.74, 6) is 0.938. The Kier molecular flexibility index (Phi) is 3.20. The van der Waals surface area contributed by atoms with Gasteiger partial charge in [-0.05, 0) is 19.8 Å². The van der Waals surface area contributed by atoms with E-state index < -0.39 is 0 Å². The first-order valence-corrected chi connectivity index (χ1v) is 5.25. The molecule has 1 N–H and O–H groups in total. The molecule has 2 atom stereocenters. The van der Waals surface area contributed by atoms with E-state index >= 15 is 0 Å². The highest BCUT2D eigenvalue weighted by atomic mass is 16.5. The number of hydrogen-bond acceptors (Lipinski definition) is 3. The zero-order valence-electron chi connectivity index (χ0n) is 9.74. The van der Waals surface area contributed by atoms with E-state index in [1.54, 1.807) is 0 Å². The molecule has 0 spiro atoms. The molecular formula is C11H21NO2. The Balaban J connectivity index is 2.59. The Morgan fingerprint density at radius 2 is 1.93 bits per heavy atom. The van der Waals surface area contributed by atoms with Crippen molar-refractivity contribution in [2.24, 2.45) is 16.8 Å². The van der Waals surface area contributed by atoms with Gasteiger partial charge in [0, 0.05) is 0 Å². The number of hydrogen-bond donors (Lipinski definition) is 1. The van der Waals surface area contributed by atoms with E-state index in [1.165, 1.54) is 0 Å². The maximum absolute atomic E-state index is 9.86. The molecule has 1 heterocycles. The normalized spacial score (nSPS) is 24.4. The van der Waals surface area contributed by atoms with Crippen molar-refractivity contribution in [2.45, 2.75) is 46.3 Å². The predicted molar refractivity (Wildman–Crippen MR) is 57.5 cm³/mol. The molecule has 0 fully saturated rings. The second-order valence-corrected chi connectivity index (χ2v) is 5.04. The molecule has 3 nitrogen and oxygen atoms in total. The van der Waals surface area contributed by atoms with E-state index in [-0.39, 0.29) is 23.5 Å². The highest BCUT2D eigenvalue weighted by Gasteiger charge is 2.33. The molecule has 1 aliphatic rings. The zero-order chi connectivity index (χ0) is 10.9. The number of nitrogens with zero attached hydrogens (tertiary/aromatic N) is 1. The van der Waals surface area contributed by atoms with Crippen LogP contribution in [-0.2, 0) is 4.74 Å². The summed E-state index contributed by atoms with van der Waals surface area (Å²) in [5, 5.41) is 9.86. The number of aliphatic imine (C=N–C) groups is 1. The molecule has 1 rings (SSSR count). The van der Waals surface area contributed by atoms with Crippen LogP contribution in [0.3, 0.4) is 0 Å². The minimum atomic E-state index is -0.373. The van der Waals surface area contributed by atoms with Gasteiger partial charge in [0.1, 0.15) is 5.60 Å². The van der Waals surface area contributed by atoms with Crippen LogP contribution in [0.2, 0.25) is 0 Å². The standard InChI is InChI=1S/C11H21NO2/c1-7(2)9(13)8(3)10-12-6-11(4,5)14-10/h7-9,13H,6H2,1-5H3/t8-,9-/m1/s1. The van der Waals surface area contributed by atoms with E-state index in [0.717, 1.165) is 0 Å². The molecule has 0 unspecified atom stereocenters. The van der Waals surface area contributed by atoms with Crippen LogP contribution in [0.25, 0.3) is 0 Å². The van der Waals surface area contributed by atoms with Crippen molar-refractivity contribution in [3.63, 3.8) is 0 Å². The van der Waals surface area contributed by atoms with Crippen molar-refractivity contribution in [1.29, 1.82) is 0 Å². The molecule has 0 saturated carbocycles. The molecule has 82 valence electrons. The molecule has 0 saturated heterocycles. The molecule has 1 aliphatic heterocycles. The quantitative estimate of drug-likeness (QED) is 0.753. The highest BCUT2D eigenvalue weighted by Crippen LogP contribution is 2.24. The third-order valence-corrected chi connectivity index (χ3v) is 2.58. The van der Waals surface area contributed by atoms with Crippen LogP contribution >= 0.6 is 0 Å². The lowest BCUT2D eigenvalue weighted by Gasteiger charge is -2.24. The first kappa shape index (κ1) is 11.5. The molecular weight excluding hydrogens is 178 g/mol. The highest BCUT2D eigenvalue weighted by molar-refractivity contribution is 5.80. The Bertz CT molecular complexity index is 233. The van der Waals surface area contributed by atoms with Gasteiger partial charge in [-0.2, -0.15) is 0 Å². The summed E-state index contributed by atoms with van der Waals surface area (Å²) in [6.45, 7) is 10.7. The van der Waals surface area contributed by atoms with Gasteiger partial charge in [-0.1, -0.05) is 20.8 Å². The first-order valence-electron chi connectivity index (χ1n) is 5.25. The van der Waals surface area contributed by atoms with E-state index in [4.69, 9.17) is 4.74 Å². The number of aliphatic hydroxyl groups is 1. The maximum Gasteiger partial charge on any atom is 0.189 e. The second kappa shape index (κ2) is 3.89. The van der Waals surface area contributed by atoms with Gasteiger partial charge in [0.2, 0.25) is 0 Å². The average molecular weight is 199 g/mol. The minimum absolute atomic E-state index is 0.00299. The van der Waals surface area contributed by atoms with E-state index in [0.29, 0.717) is 12.4 Å².